The predicted octanol–water partition coefficient (Wildman–Crippen LogP) is 3.10. The van der Waals surface area contributed by atoms with Crippen LogP contribution < -0.4 is 15.4 Å². The molecule has 226 valence electrons. The first kappa shape index (κ1) is 30.2. The van der Waals surface area contributed by atoms with Crippen molar-refractivity contribution in [1.29, 1.82) is 0 Å². The number of carbonyl (C=O) groups is 4. The van der Waals surface area contributed by atoms with Crippen LogP contribution in [0, 0.1) is 12.8 Å². The molecule has 3 heterocycles. The molecular weight excluding hydrogens is 570 g/mol. The molecule has 3 atom stereocenters. The van der Waals surface area contributed by atoms with E-state index in [0.29, 0.717) is 11.3 Å². The second-order valence-electron chi connectivity index (χ2n) is 11.1. The normalized spacial score (nSPS) is 18.5. The number of likely N-dealkylation sites (tertiary alicyclic amines) is 1. The van der Waals surface area contributed by atoms with Crippen molar-refractivity contribution in [3.63, 3.8) is 0 Å². The van der Waals surface area contributed by atoms with Crippen molar-refractivity contribution in [3.8, 4) is 16.2 Å². The maximum atomic E-state index is 13.7. The van der Waals surface area contributed by atoms with E-state index in [1.165, 1.54) is 16.2 Å². The molecule has 0 saturated carbocycles. The molecule has 1 saturated heterocycles. The summed E-state index contributed by atoms with van der Waals surface area (Å²) in [5.41, 5.74) is 5.61. The van der Waals surface area contributed by atoms with Crippen molar-refractivity contribution in [2.75, 3.05) is 13.7 Å². The van der Waals surface area contributed by atoms with Crippen molar-refractivity contribution in [2.45, 2.75) is 58.5 Å². The van der Waals surface area contributed by atoms with E-state index in [1.807, 2.05) is 25.1 Å². The number of imide groups is 1. The molecule has 3 aromatic rings. The summed E-state index contributed by atoms with van der Waals surface area (Å²) in [5.74, 6) is -1.09. The molecule has 0 radical (unpaired) electrons. The Bertz CT molecular complexity index is 1550. The van der Waals surface area contributed by atoms with Crippen LogP contribution in [-0.2, 0) is 22.7 Å². The summed E-state index contributed by atoms with van der Waals surface area (Å²) in [5, 5.41) is 16.0. The van der Waals surface area contributed by atoms with Gasteiger partial charge in [0.1, 0.15) is 17.8 Å². The number of fused-ring (bicyclic) bond motifs is 1. The number of aliphatic hydroxyl groups is 1. The summed E-state index contributed by atoms with van der Waals surface area (Å²) in [6.07, 6.45) is -0.828. The molecule has 0 spiro atoms. The number of ether oxygens (including phenoxy) is 1. The van der Waals surface area contributed by atoms with Crippen LogP contribution in [-0.4, -0.2) is 75.5 Å². The van der Waals surface area contributed by atoms with Gasteiger partial charge >= 0.3 is 6.03 Å². The number of rotatable bonds is 8. The Morgan fingerprint density at radius 1 is 1.19 bits per heavy atom. The predicted molar refractivity (Wildman–Crippen MR) is 160 cm³/mol. The van der Waals surface area contributed by atoms with Gasteiger partial charge < -0.3 is 25.4 Å². The van der Waals surface area contributed by atoms with Crippen LogP contribution in [0.15, 0.2) is 48.0 Å². The van der Waals surface area contributed by atoms with E-state index in [0.717, 1.165) is 32.2 Å². The number of methoxy groups -OCH3 is 1. The van der Waals surface area contributed by atoms with E-state index < -0.39 is 41.9 Å². The quantitative estimate of drug-likeness (QED) is 0.358. The zero-order valence-corrected chi connectivity index (χ0v) is 25.3. The first-order chi connectivity index (χ1) is 20.6. The molecule has 5 amide bonds. The summed E-state index contributed by atoms with van der Waals surface area (Å²) < 4.78 is 5.58. The molecule has 1 aromatic heterocycles. The van der Waals surface area contributed by atoms with E-state index >= 15 is 0 Å². The molecule has 0 aliphatic carbocycles. The lowest BCUT2D eigenvalue weighted by atomic mass is 10.0. The number of nitrogens with one attached hydrogen (secondary N) is 2. The molecule has 11 nitrogen and oxygen atoms in total. The molecule has 2 aromatic carbocycles. The average Bonchev–Trinajstić information content (AvgIpc) is 3.70. The van der Waals surface area contributed by atoms with Crippen molar-refractivity contribution >= 4 is 35.1 Å². The number of nitrogens with zero attached hydrogens (tertiary/aromatic N) is 3. The van der Waals surface area contributed by atoms with E-state index in [-0.39, 0.29) is 32.0 Å². The number of aryl methyl sites for hydroxylation is 1. The third-order valence-corrected chi connectivity index (χ3v) is 8.87. The largest absolute Gasteiger partial charge is 0.496 e. The third-order valence-electron chi connectivity index (χ3n) is 7.89. The van der Waals surface area contributed by atoms with Crippen LogP contribution in [0.1, 0.15) is 47.4 Å². The Balaban J connectivity index is 1.26. The van der Waals surface area contributed by atoms with Gasteiger partial charge in [-0.1, -0.05) is 44.2 Å². The van der Waals surface area contributed by atoms with Crippen LogP contribution in [0.25, 0.3) is 10.4 Å². The summed E-state index contributed by atoms with van der Waals surface area (Å²) in [7, 11) is 1.56. The van der Waals surface area contributed by atoms with Crippen molar-refractivity contribution in [2.24, 2.45) is 5.92 Å². The zero-order valence-electron chi connectivity index (χ0n) is 24.5. The fourth-order valence-corrected chi connectivity index (χ4v) is 6.34. The van der Waals surface area contributed by atoms with Crippen LogP contribution in [0.2, 0.25) is 0 Å². The zero-order chi connectivity index (χ0) is 30.8. The van der Waals surface area contributed by atoms with E-state index in [2.05, 4.69) is 15.6 Å². The van der Waals surface area contributed by atoms with Gasteiger partial charge in [-0.15, -0.1) is 11.3 Å². The Labute approximate surface area is 253 Å². The van der Waals surface area contributed by atoms with Gasteiger partial charge in [0.25, 0.3) is 5.91 Å². The average molecular weight is 606 g/mol. The summed E-state index contributed by atoms with van der Waals surface area (Å²) >= 11 is 1.53. The lowest BCUT2D eigenvalue weighted by molar-refractivity contribution is -0.140. The highest BCUT2D eigenvalue weighted by molar-refractivity contribution is 7.13. The molecule has 2 aliphatic heterocycles. The second-order valence-corrected chi connectivity index (χ2v) is 12.0. The van der Waals surface area contributed by atoms with E-state index in [1.54, 1.807) is 50.7 Å². The number of benzene rings is 2. The lowest BCUT2D eigenvalue weighted by Crippen LogP contribution is -2.57. The van der Waals surface area contributed by atoms with Gasteiger partial charge in [-0.25, -0.2) is 9.78 Å². The molecule has 3 N–H and O–H groups in total. The Hall–Kier alpha value is -4.29. The van der Waals surface area contributed by atoms with Gasteiger partial charge in [0.2, 0.25) is 11.8 Å². The van der Waals surface area contributed by atoms with Crippen molar-refractivity contribution < 1.29 is 29.0 Å². The Morgan fingerprint density at radius 3 is 2.63 bits per heavy atom. The van der Waals surface area contributed by atoms with Crippen LogP contribution >= 0.6 is 11.3 Å². The highest BCUT2D eigenvalue weighted by atomic mass is 32.1. The smallest absolute Gasteiger partial charge is 0.325 e. The number of hydrogen-bond donors (Lipinski definition) is 3. The number of carbonyl (C=O) groups excluding carboxylic acids is 4. The molecule has 12 heteroatoms. The van der Waals surface area contributed by atoms with Crippen LogP contribution in [0.5, 0.6) is 5.75 Å². The number of β-amino-alcohol motifs (C(OH)–C–C–N with tert-alkyl or cyclic N) is 1. The number of amides is 5. The molecule has 0 bridgehead atoms. The van der Waals surface area contributed by atoms with Gasteiger partial charge in [0.15, 0.2) is 0 Å². The molecule has 5 rings (SSSR count). The maximum absolute atomic E-state index is 13.7. The first-order valence-electron chi connectivity index (χ1n) is 14.1. The number of hydrogen-bond acceptors (Lipinski definition) is 8. The summed E-state index contributed by atoms with van der Waals surface area (Å²) in [4.78, 5) is 60.8. The highest BCUT2D eigenvalue weighted by Crippen LogP contribution is 2.32. The minimum Gasteiger partial charge on any atom is -0.496 e. The number of aliphatic hydroxyl groups excluding tert-OH is 1. The van der Waals surface area contributed by atoms with Crippen LogP contribution in [0.4, 0.5) is 4.79 Å². The first-order valence-corrected chi connectivity index (χ1v) is 15.0. The number of thiazole rings is 1. The summed E-state index contributed by atoms with van der Waals surface area (Å²) in [6.45, 7) is 5.71. The minimum absolute atomic E-state index is 0.0453. The SMILES string of the molecule is COc1cc(-c2scnc2C)ccc1CNC(=O)[C@@H]1C[C@@H](O)CN1C(=O)[C@@H](NC(=O)N1Cc2ccccc2C1=O)C(C)C. The summed E-state index contributed by atoms with van der Waals surface area (Å²) in [6, 6.07) is 10.1. The van der Waals surface area contributed by atoms with Crippen molar-refractivity contribution in [1.82, 2.24) is 25.4 Å². The standard InChI is InChI=1S/C31H35N5O6S/c1-17(2)26(34-31(41)36-14-21-7-5-6-8-23(21)29(36)39)30(40)35-15-22(37)12-24(35)28(38)32-13-20-10-9-19(11-25(20)42-4)27-18(3)33-16-43-27/h5-11,16-17,22,24,26,37H,12-15H2,1-4H3,(H,32,38)(H,34,41)/t22-,24+,26+/m1/s1. The molecule has 1 fully saturated rings. The Morgan fingerprint density at radius 2 is 1.95 bits per heavy atom. The molecular formula is C31H35N5O6S. The second kappa shape index (κ2) is 12.5. The highest BCUT2D eigenvalue weighted by Gasteiger charge is 2.43. The fraction of sp³-hybridized carbons (Fsp3) is 0.387. The van der Waals surface area contributed by atoms with Crippen molar-refractivity contribution in [3.05, 3.63) is 70.4 Å². The van der Waals surface area contributed by atoms with Crippen LogP contribution in [0.3, 0.4) is 0 Å². The third kappa shape index (κ3) is 6.11. The van der Waals surface area contributed by atoms with E-state index in [4.69, 9.17) is 4.74 Å². The number of urea groups is 1. The Kier molecular flexibility index (Phi) is 8.79. The monoisotopic (exact) mass is 605 g/mol. The van der Waals surface area contributed by atoms with E-state index in [9.17, 15) is 24.3 Å². The van der Waals surface area contributed by atoms with Gasteiger partial charge in [-0.2, -0.15) is 0 Å². The van der Waals surface area contributed by atoms with Gasteiger partial charge in [0, 0.05) is 30.6 Å². The molecule has 43 heavy (non-hydrogen) atoms. The topological polar surface area (TPSA) is 141 Å². The molecule has 0 unspecified atom stereocenters. The fourth-order valence-electron chi connectivity index (χ4n) is 5.54. The van der Waals surface area contributed by atoms with Gasteiger partial charge in [0.05, 0.1) is 35.8 Å². The maximum Gasteiger partial charge on any atom is 0.325 e. The minimum atomic E-state index is -1.01. The molecule has 2 aliphatic rings. The number of aromatic nitrogens is 1. The van der Waals surface area contributed by atoms with Gasteiger partial charge in [-0.05, 0) is 36.1 Å². The lowest BCUT2D eigenvalue weighted by Gasteiger charge is -2.31. The van der Waals surface area contributed by atoms with Gasteiger partial charge in [-0.3, -0.25) is 19.3 Å².